The summed E-state index contributed by atoms with van der Waals surface area (Å²) in [4.78, 5) is 11.7. The van der Waals surface area contributed by atoms with Crippen LogP contribution in [0.2, 0.25) is 0 Å². The van der Waals surface area contributed by atoms with Gasteiger partial charge in [0, 0.05) is 12.8 Å². The highest BCUT2D eigenvalue weighted by Crippen LogP contribution is 2.50. The van der Waals surface area contributed by atoms with E-state index in [2.05, 4.69) is 0 Å². The molecule has 1 fully saturated rings. The van der Waals surface area contributed by atoms with Crippen LogP contribution in [0.25, 0.3) is 0 Å². The zero-order valence-corrected chi connectivity index (χ0v) is 10.8. The topological polar surface area (TPSA) is 26.3 Å². The van der Waals surface area contributed by atoms with Crippen LogP contribution in [0.3, 0.4) is 0 Å². The number of alkyl halides is 3. The first-order valence-electron chi connectivity index (χ1n) is 6.00. The van der Waals surface area contributed by atoms with Crippen molar-refractivity contribution in [2.75, 3.05) is 0 Å². The molecule has 1 aliphatic heterocycles. The predicted molar refractivity (Wildman–Crippen MR) is 63.6 cm³/mol. The molecule has 1 aliphatic rings. The van der Waals surface area contributed by atoms with Crippen LogP contribution in [0.15, 0.2) is 30.3 Å². The number of hydrogen-bond donors (Lipinski definition) is 0. The number of rotatable bonds is 1. The van der Waals surface area contributed by atoms with E-state index in [1.54, 1.807) is 6.07 Å². The molecule has 19 heavy (non-hydrogen) atoms. The van der Waals surface area contributed by atoms with Gasteiger partial charge >= 0.3 is 6.18 Å². The molecule has 2 nitrogen and oxygen atoms in total. The molecule has 5 heteroatoms. The largest absolute Gasteiger partial charge is 0.422 e. The van der Waals surface area contributed by atoms with Gasteiger partial charge in [-0.25, -0.2) is 0 Å². The van der Waals surface area contributed by atoms with E-state index in [9.17, 15) is 18.0 Å². The van der Waals surface area contributed by atoms with E-state index >= 15 is 0 Å². The third-order valence-electron chi connectivity index (χ3n) is 3.22. The Balaban J connectivity index is 2.56. The van der Waals surface area contributed by atoms with E-state index in [1.807, 2.05) is 0 Å². The Morgan fingerprint density at radius 1 is 1.11 bits per heavy atom. The molecule has 2 rings (SSSR count). The third kappa shape index (κ3) is 2.52. The van der Waals surface area contributed by atoms with Gasteiger partial charge in [0.1, 0.15) is 5.78 Å². The molecule has 0 amide bonds. The number of ketones is 1. The monoisotopic (exact) mass is 272 g/mol. The Bertz CT molecular complexity index is 479. The molecule has 0 aliphatic carbocycles. The molecule has 1 aromatic rings. The van der Waals surface area contributed by atoms with Crippen molar-refractivity contribution in [3.05, 3.63) is 35.9 Å². The molecule has 1 heterocycles. The van der Waals surface area contributed by atoms with Gasteiger partial charge in [-0.2, -0.15) is 13.2 Å². The lowest BCUT2D eigenvalue weighted by molar-refractivity contribution is -0.321. The van der Waals surface area contributed by atoms with Crippen molar-refractivity contribution in [2.24, 2.45) is 0 Å². The van der Waals surface area contributed by atoms with Gasteiger partial charge < -0.3 is 4.74 Å². The first-order valence-corrected chi connectivity index (χ1v) is 6.00. The summed E-state index contributed by atoms with van der Waals surface area (Å²) in [6.45, 7) is 3.01. The van der Waals surface area contributed by atoms with E-state index in [4.69, 9.17) is 4.74 Å². The Hall–Kier alpha value is -1.36. The Labute approximate surface area is 109 Å². The van der Waals surface area contributed by atoms with Gasteiger partial charge in [0.25, 0.3) is 0 Å². The van der Waals surface area contributed by atoms with Crippen molar-refractivity contribution in [3.63, 3.8) is 0 Å². The molecule has 104 valence electrons. The van der Waals surface area contributed by atoms with Crippen molar-refractivity contribution < 1.29 is 22.7 Å². The number of ether oxygens (including phenoxy) is 1. The van der Waals surface area contributed by atoms with Crippen LogP contribution in [-0.2, 0) is 15.1 Å². The van der Waals surface area contributed by atoms with E-state index in [0.29, 0.717) is 0 Å². The normalized spacial score (nSPS) is 27.3. The molecule has 0 bridgehead atoms. The fourth-order valence-electron chi connectivity index (χ4n) is 2.55. The maximum absolute atomic E-state index is 13.5. The second-order valence-electron chi connectivity index (χ2n) is 5.44. The smallest absolute Gasteiger partial charge is 0.354 e. The fraction of sp³-hybridized carbons (Fsp3) is 0.500. The van der Waals surface area contributed by atoms with Crippen LogP contribution in [0, 0.1) is 0 Å². The van der Waals surface area contributed by atoms with E-state index in [0.717, 1.165) is 0 Å². The molecule has 1 aromatic carbocycles. The summed E-state index contributed by atoms with van der Waals surface area (Å²) in [5, 5.41) is 0. The van der Waals surface area contributed by atoms with Crippen molar-refractivity contribution >= 4 is 5.78 Å². The minimum atomic E-state index is -4.64. The Morgan fingerprint density at radius 3 is 2.16 bits per heavy atom. The molecular weight excluding hydrogens is 257 g/mol. The highest BCUT2D eigenvalue weighted by Gasteiger charge is 2.62. The number of halogens is 3. The van der Waals surface area contributed by atoms with Crippen molar-refractivity contribution in [3.8, 4) is 0 Å². The van der Waals surface area contributed by atoms with Gasteiger partial charge in [0.2, 0.25) is 0 Å². The SMILES string of the molecule is CC1(C)CC(=O)C[C@@](c2ccccc2)(C(F)(F)F)O1. The second-order valence-corrected chi connectivity index (χ2v) is 5.44. The van der Waals surface area contributed by atoms with Crippen LogP contribution < -0.4 is 0 Å². The summed E-state index contributed by atoms with van der Waals surface area (Å²) in [5.41, 5.74) is -3.68. The first kappa shape index (κ1) is 14.1. The van der Waals surface area contributed by atoms with E-state index < -0.39 is 29.6 Å². The average molecular weight is 272 g/mol. The lowest BCUT2D eigenvalue weighted by Gasteiger charge is -2.45. The van der Waals surface area contributed by atoms with Crippen LogP contribution in [0.4, 0.5) is 13.2 Å². The minimum Gasteiger partial charge on any atom is -0.354 e. The van der Waals surface area contributed by atoms with Crippen molar-refractivity contribution in [1.82, 2.24) is 0 Å². The fourth-order valence-corrected chi connectivity index (χ4v) is 2.55. The lowest BCUT2D eigenvalue weighted by atomic mass is 9.81. The highest BCUT2D eigenvalue weighted by atomic mass is 19.4. The third-order valence-corrected chi connectivity index (χ3v) is 3.22. The lowest BCUT2D eigenvalue weighted by Crippen LogP contribution is -2.55. The summed E-state index contributed by atoms with van der Waals surface area (Å²) in [6.07, 6.45) is -5.30. The summed E-state index contributed by atoms with van der Waals surface area (Å²) in [5.74, 6) is -0.433. The van der Waals surface area contributed by atoms with Crippen LogP contribution >= 0.6 is 0 Å². The zero-order chi connectivity index (χ0) is 14.3. The average Bonchev–Trinajstić information content (AvgIpc) is 2.26. The Morgan fingerprint density at radius 2 is 1.68 bits per heavy atom. The maximum atomic E-state index is 13.5. The summed E-state index contributed by atoms with van der Waals surface area (Å²) in [6, 6.07) is 7.35. The molecule has 0 radical (unpaired) electrons. The van der Waals surface area contributed by atoms with Crippen LogP contribution in [-0.4, -0.2) is 17.6 Å². The van der Waals surface area contributed by atoms with Gasteiger partial charge in [-0.3, -0.25) is 4.79 Å². The maximum Gasteiger partial charge on any atom is 0.422 e. The Kier molecular flexibility index (Phi) is 3.21. The van der Waals surface area contributed by atoms with E-state index in [1.165, 1.54) is 38.1 Å². The van der Waals surface area contributed by atoms with Gasteiger partial charge in [0.15, 0.2) is 5.60 Å². The number of carbonyl (C=O) groups excluding carboxylic acids is 1. The first-order chi connectivity index (χ1) is 8.66. The van der Waals surface area contributed by atoms with Gasteiger partial charge in [0.05, 0.1) is 5.60 Å². The second kappa shape index (κ2) is 4.34. The summed E-state index contributed by atoms with van der Waals surface area (Å²) >= 11 is 0. The van der Waals surface area contributed by atoms with E-state index in [-0.39, 0.29) is 12.0 Å². The number of hydrogen-bond acceptors (Lipinski definition) is 2. The molecular formula is C14H15F3O2. The van der Waals surface area contributed by atoms with Crippen LogP contribution in [0.5, 0.6) is 0 Å². The van der Waals surface area contributed by atoms with Gasteiger partial charge in [-0.05, 0) is 19.4 Å². The van der Waals surface area contributed by atoms with Crippen molar-refractivity contribution in [2.45, 2.75) is 44.1 Å². The zero-order valence-electron chi connectivity index (χ0n) is 10.8. The van der Waals surface area contributed by atoms with Crippen molar-refractivity contribution in [1.29, 1.82) is 0 Å². The minimum absolute atomic E-state index is 0.00232. The molecule has 0 spiro atoms. The molecule has 0 saturated carbocycles. The summed E-state index contributed by atoms with van der Waals surface area (Å²) < 4.78 is 45.9. The molecule has 0 unspecified atom stereocenters. The number of benzene rings is 1. The quantitative estimate of drug-likeness (QED) is 0.780. The standard InChI is InChI=1S/C14H15F3O2/c1-12(2)8-11(18)9-13(19-12,14(15,16)17)10-6-4-3-5-7-10/h3-7H,8-9H2,1-2H3/t13-/m1/s1. The predicted octanol–water partition coefficient (Wildman–Crippen LogP) is 3.60. The van der Waals surface area contributed by atoms with Crippen LogP contribution in [0.1, 0.15) is 32.3 Å². The molecule has 0 aromatic heterocycles. The highest BCUT2D eigenvalue weighted by molar-refractivity contribution is 5.81. The number of Topliss-reactive ketones (excluding diaryl/α,β-unsaturated/α-hetero) is 1. The van der Waals surface area contributed by atoms with Gasteiger partial charge in [-0.15, -0.1) is 0 Å². The molecule has 0 N–H and O–H groups in total. The van der Waals surface area contributed by atoms with Gasteiger partial charge in [-0.1, -0.05) is 30.3 Å². The summed E-state index contributed by atoms with van der Waals surface area (Å²) in [7, 11) is 0. The molecule has 1 saturated heterocycles. The molecule has 1 atom stereocenters. The number of carbonyl (C=O) groups is 1.